The molecule has 0 aliphatic carbocycles. The molecule has 1 fully saturated rings. The van der Waals surface area contributed by atoms with Gasteiger partial charge in [-0.2, -0.15) is 0 Å². The van der Waals surface area contributed by atoms with Crippen molar-refractivity contribution in [2.75, 3.05) is 13.2 Å². The molecule has 2 rings (SSSR count). The summed E-state index contributed by atoms with van der Waals surface area (Å²) in [5, 5.41) is 4.16. The Morgan fingerprint density at radius 3 is 2.71 bits per heavy atom. The van der Waals surface area contributed by atoms with Crippen LogP contribution in [0.15, 0.2) is 24.3 Å². The van der Waals surface area contributed by atoms with Crippen LogP contribution in [0.25, 0.3) is 0 Å². The fraction of sp³-hybridized carbons (Fsp3) is 0.455. The molecule has 0 spiro atoms. The summed E-state index contributed by atoms with van der Waals surface area (Å²) in [5.41, 5.74) is 1.19. The third-order valence-corrected chi connectivity index (χ3v) is 2.77. The molecule has 1 aliphatic heterocycles. The lowest BCUT2D eigenvalue weighted by molar-refractivity contribution is -0.000220. The van der Waals surface area contributed by atoms with Gasteiger partial charge in [0.1, 0.15) is 0 Å². The van der Waals surface area contributed by atoms with E-state index in [1.807, 2.05) is 24.3 Å². The van der Waals surface area contributed by atoms with Crippen molar-refractivity contribution in [3.8, 4) is 0 Å². The van der Waals surface area contributed by atoms with Crippen LogP contribution < -0.4 is 5.32 Å². The zero-order valence-corrected chi connectivity index (χ0v) is 8.92. The first-order valence-corrected chi connectivity index (χ1v) is 5.25. The molecule has 0 aromatic heterocycles. The maximum Gasteiger partial charge on any atom is 0.0975 e. The van der Waals surface area contributed by atoms with E-state index in [-0.39, 0.29) is 6.10 Å². The van der Waals surface area contributed by atoms with Crippen molar-refractivity contribution in [2.24, 2.45) is 0 Å². The van der Waals surface area contributed by atoms with E-state index in [4.69, 9.17) is 16.3 Å². The van der Waals surface area contributed by atoms with Gasteiger partial charge in [0.25, 0.3) is 0 Å². The molecule has 1 aromatic carbocycles. The van der Waals surface area contributed by atoms with Gasteiger partial charge < -0.3 is 10.1 Å². The van der Waals surface area contributed by atoms with Gasteiger partial charge in [0.2, 0.25) is 0 Å². The molecule has 0 amide bonds. The molecule has 3 heteroatoms. The van der Waals surface area contributed by atoms with Gasteiger partial charge in [-0.25, -0.2) is 0 Å². The smallest absolute Gasteiger partial charge is 0.0975 e. The average Bonchev–Trinajstić information content (AvgIpc) is 2.20. The van der Waals surface area contributed by atoms with Gasteiger partial charge in [-0.15, -0.1) is 0 Å². The number of benzene rings is 1. The molecule has 2 atom stereocenters. The lowest BCUT2D eigenvalue weighted by Gasteiger charge is -2.30. The predicted octanol–water partition coefficient (Wildman–Crippen LogP) is 2.39. The Labute approximate surface area is 89.2 Å². The predicted molar refractivity (Wildman–Crippen MR) is 57.6 cm³/mol. The van der Waals surface area contributed by atoms with Crippen LogP contribution in [0.4, 0.5) is 0 Å². The fourth-order valence-corrected chi connectivity index (χ4v) is 1.89. The van der Waals surface area contributed by atoms with Crippen LogP contribution in [-0.4, -0.2) is 19.2 Å². The molecule has 0 saturated carbocycles. The second-order valence-corrected chi connectivity index (χ2v) is 4.02. The first-order chi connectivity index (χ1) is 6.77. The van der Waals surface area contributed by atoms with E-state index in [2.05, 4.69) is 12.2 Å². The van der Waals surface area contributed by atoms with E-state index in [0.717, 1.165) is 18.2 Å². The van der Waals surface area contributed by atoms with E-state index in [1.165, 1.54) is 5.56 Å². The summed E-state index contributed by atoms with van der Waals surface area (Å²) in [6.07, 6.45) is 0.154. The Morgan fingerprint density at radius 2 is 2.07 bits per heavy atom. The standard InChI is InChI=1S/C11H14ClNO/c1-8-11(14-7-6-13-8)9-2-4-10(12)5-3-9/h2-5,8,11,13H,6-7H2,1H3/t8-,11-/m0/s1. The van der Waals surface area contributed by atoms with Crippen molar-refractivity contribution in [3.05, 3.63) is 34.9 Å². The summed E-state index contributed by atoms with van der Waals surface area (Å²) in [5.74, 6) is 0. The SMILES string of the molecule is C[C@@H]1NCCO[C@@H]1c1ccc(Cl)cc1. The van der Waals surface area contributed by atoms with Crippen molar-refractivity contribution in [1.82, 2.24) is 5.32 Å². The number of nitrogens with one attached hydrogen (secondary N) is 1. The average molecular weight is 212 g/mol. The Hall–Kier alpha value is -0.570. The largest absolute Gasteiger partial charge is 0.371 e. The highest BCUT2D eigenvalue weighted by atomic mass is 35.5. The van der Waals surface area contributed by atoms with Crippen molar-refractivity contribution in [1.29, 1.82) is 0 Å². The van der Waals surface area contributed by atoms with E-state index < -0.39 is 0 Å². The molecule has 1 aromatic rings. The number of halogens is 1. The van der Waals surface area contributed by atoms with Crippen molar-refractivity contribution < 1.29 is 4.74 Å². The number of rotatable bonds is 1. The van der Waals surface area contributed by atoms with Gasteiger partial charge >= 0.3 is 0 Å². The molecule has 0 bridgehead atoms. The fourth-order valence-electron chi connectivity index (χ4n) is 1.76. The van der Waals surface area contributed by atoms with E-state index in [1.54, 1.807) is 0 Å². The Bertz CT molecular complexity index is 299. The maximum atomic E-state index is 5.83. The monoisotopic (exact) mass is 211 g/mol. The number of morpholine rings is 1. The summed E-state index contributed by atoms with van der Waals surface area (Å²) < 4.78 is 5.71. The molecule has 1 saturated heterocycles. The number of hydrogen-bond donors (Lipinski definition) is 1. The molecular weight excluding hydrogens is 198 g/mol. The molecule has 1 aliphatic rings. The topological polar surface area (TPSA) is 21.3 Å². The number of ether oxygens (including phenoxy) is 1. The van der Waals surface area contributed by atoms with E-state index in [0.29, 0.717) is 6.04 Å². The molecule has 0 unspecified atom stereocenters. The van der Waals surface area contributed by atoms with Gasteiger partial charge in [-0.3, -0.25) is 0 Å². The molecule has 1 N–H and O–H groups in total. The summed E-state index contributed by atoms with van der Waals surface area (Å²) in [6, 6.07) is 8.22. The first kappa shape index (κ1) is 9.97. The van der Waals surface area contributed by atoms with E-state index in [9.17, 15) is 0 Å². The van der Waals surface area contributed by atoms with Crippen LogP contribution in [0.2, 0.25) is 5.02 Å². The minimum absolute atomic E-state index is 0.154. The highest BCUT2D eigenvalue weighted by Crippen LogP contribution is 2.24. The Balaban J connectivity index is 2.16. The third-order valence-electron chi connectivity index (χ3n) is 2.52. The zero-order chi connectivity index (χ0) is 9.97. The van der Waals surface area contributed by atoms with Crippen LogP contribution >= 0.6 is 11.6 Å². The normalized spacial score (nSPS) is 27.6. The quantitative estimate of drug-likeness (QED) is 0.770. The summed E-state index contributed by atoms with van der Waals surface area (Å²) in [7, 11) is 0. The van der Waals surface area contributed by atoms with Crippen molar-refractivity contribution in [3.63, 3.8) is 0 Å². The Morgan fingerprint density at radius 1 is 1.36 bits per heavy atom. The van der Waals surface area contributed by atoms with Gasteiger partial charge in [0.05, 0.1) is 12.7 Å². The van der Waals surface area contributed by atoms with Crippen molar-refractivity contribution in [2.45, 2.75) is 19.1 Å². The number of hydrogen-bond acceptors (Lipinski definition) is 2. The molecule has 1 heterocycles. The summed E-state index contributed by atoms with van der Waals surface area (Å²) >= 11 is 5.83. The highest BCUT2D eigenvalue weighted by Gasteiger charge is 2.22. The molecular formula is C11H14ClNO. The third kappa shape index (κ3) is 2.08. The van der Waals surface area contributed by atoms with Gasteiger partial charge in [0, 0.05) is 17.6 Å². The summed E-state index contributed by atoms with van der Waals surface area (Å²) in [6.45, 7) is 3.85. The van der Waals surface area contributed by atoms with Gasteiger partial charge in [-0.05, 0) is 24.6 Å². The molecule has 76 valence electrons. The second-order valence-electron chi connectivity index (χ2n) is 3.59. The molecule has 2 nitrogen and oxygen atoms in total. The summed E-state index contributed by atoms with van der Waals surface area (Å²) in [4.78, 5) is 0. The maximum absolute atomic E-state index is 5.83. The minimum Gasteiger partial charge on any atom is -0.371 e. The van der Waals surface area contributed by atoms with Crippen LogP contribution in [0.5, 0.6) is 0 Å². The van der Waals surface area contributed by atoms with Crippen LogP contribution in [0, 0.1) is 0 Å². The molecule has 0 radical (unpaired) electrons. The Kier molecular flexibility index (Phi) is 3.06. The van der Waals surface area contributed by atoms with E-state index >= 15 is 0 Å². The second kappa shape index (κ2) is 4.30. The van der Waals surface area contributed by atoms with Crippen molar-refractivity contribution >= 4 is 11.6 Å². The lowest BCUT2D eigenvalue weighted by Crippen LogP contribution is -2.41. The zero-order valence-electron chi connectivity index (χ0n) is 8.16. The van der Waals surface area contributed by atoms with Crippen LogP contribution in [0.3, 0.4) is 0 Å². The first-order valence-electron chi connectivity index (χ1n) is 4.88. The van der Waals surface area contributed by atoms with Crippen LogP contribution in [-0.2, 0) is 4.74 Å². The van der Waals surface area contributed by atoms with Gasteiger partial charge in [-0.1, -0.05) is 23.7 Å². The van der Waals surface area contributed by atoms with Gasteiger partial charge in [0.15, 0.2) is 0 Å². The highest BCUT2D eigenvalue weighted by molar-refractivity contribution is 6.30. The lowest BCUT2D eigenvalue weighted by atomic mass is 10.0. The minimum atomic E-state index is 0.154. The van der Waals surface area contributed by atoms with Crippen LogP contribution in [0.1, 0.15) is 18.6 Å². The molecule has 14 heavy (non-hydrogen) atoms.